The molecule has 5 aromatic carbocycles. The van der Waals surface area contributed by atoms with Crippen LogP contribution in [-0.4, -0.2) is 62.3 Å². The fourth-order valence-corrected chi connectivity index (χ4v) is 8.95. The molecule has 6 rings (SSSR count). The Kier molecular flexibility index (Phi) is 25.7. The SMILES string of the molecule is CC1=C(C)CC(COCCN[C@H](c2ccccc2)[C@H](NS(C)(=O)=O)c2ccccc2)=CC1.Cc1ccc(COCCNC(c2ccccc2)C([N-]S(C)(=O)=O)c2ccccc2)cc1C.[CH3-].[Cl][Ru+3]. The maximum absolute atomic E-state index is 12.2. The van der Waals surface area contributed by atoms with Crippen molar-refractivity contribution in [2.24, 2.45) is 0 Å². The standard InChI is InChI=1S/C26H34N2O3S.C26H31N2O3S.CH3.ClH.Ru/c2*1-20-14-15-22(18-21(20)2)19-31-17-16-27-25(23-10-6-4-7-11-23)26(28-32(3,29)30)24-12-8-5-9-13-24;;;/h4-13,15,25-28H,14,16-19H2,1-3H3;4-15,18,25-27H,16-17,19H2,1-3H3;1H3;1H;/q;2*-1;;+4/p-1/t25-,26-;;;;/m1..../s1. The monoisotopic (exact) mass is 1060 g/mol. The molecule has 2 unspecified atom stereocenters. The minimum absolute atomic E-state index is 0. The summed E-state index contributed by atoms with van der Waals surface area (Å²) < 4.78 is 67.4. The van der Waals surface area contributed by atoms with Crippen LogP contribution < -0.4 is 15.4 Å². The van der Waals surface area contributed by atoms with Crippen LogP contribution in [0.1, 0.15) is 89.8 Å². The zero-order valence-electron chi connectivity index (χ0n) is 39.8. The predicted molar refractivity (Wildman–Crippen MR) is 273 cm³/mol. The first kappa shape index (κ1) is 57.5. The van der Waals surface area contributed by atoms with E-state index in [-0.39, 0.29) is 19.5 Å². The van der Waals surface area contributed by atoms with E-state index in [1.165, 1.54) is 34.1 Å². The normalized spacial score (nSPS) is 14.5. The molecule has 0 aliphatic heterocycles. The van der Waals surface area contributed by atoms with Gasteiger partial charge in [0.1, 0.15) is 0 Å². The molecule has 0 fully saturated rings. The Bertz CT molecular complexity index is 2480. The number of rotatable bonds is 22. The molecule has 3 N–H and O–H groups in total. The first-order valence-electron chi connectivity index (χ1n) is 21.9. The topological polar surface area (TPSA) is 137 Å². The van der Waals surface area contributed by atoms with Crippen molar-refractivity contribution in [3.63, 3.8) is 0 Å². The van der Waals surface area contributed by atoms with Crippen molar-refractivity contribution in [1.29, 1.82) is 0 Å². The van der Waals surface area contributed by atoms with Crippen LogP contribution in [0.2, 0.25) is 0 Å². The van der Waals surface area contributed by atoms with Gasteiger partial charge in [0.2, 0.25) is 10.0 Å². The number of sulfonamides is 2. The number of hydrogen-bond donors (Lipinski definition) is 3. The van der Waals surface area contributed by atoms with Crippen LogP contribution in [0.15, 0.2) is 162 Å². The molecule has 0 heterocycles. The molecule has 362 valence electrons. The molecule has 5 aromatic rings. The second-order valence-corrected chi connectivity index (χ2v) is 19.9. The summed E-state index contributed by atoms with van der Waals surface area (Å²) in [5, 5.41) is 7.01. The van der Waals surface area contributed by atoms with E-state index in [2.05, 4.69) is 81.7 Å². The molecule has 0 saturated carbocycles. The zero-order chi connectivity index (χ0) is 48.0. The van der Waals surface area contributed by atoms with Gasteiger partial charge in [-0.2, -0.15) is 0 Å². The van der Waals surface area contributed by atoms with Crippen molar-refractivity contribution in [1.82, 2.24) is 15.4 Å². The third-order valence-corrected chi connectivity index (χ3v) is 12.5. The predicted octanol–water partition coefficient (Wildman–Crippen LogP) is 11.0. The van der Waals surface area contributed by atoms with E-state index < -0.39 is 32.1 Å². The minimum atomic E-state index is -3.55. The van der Waals surface area contributed by atoms with Gasteiger partial charge in [0.05, 0.1) is 54.8 Å². The second-order valence-electron chi connectivity index (χ2n) is 16.5. The third kappa shape index (κ3) is 20.7. The van der Waals surface area contributed by atoms with Crippen LogP contribution in [0.4, 0.5) is 0 Å². The van der Waals surface area contributed by atoms with Crippen molar-refractivity contribution >= 4 is 29.7 Å². The summed E-state index contributed by atoms with van der Waals surface area (Å²) in [5.41, 5.74) is 11.6. The van der Waals surface area contributed by atoms with Crippen LogP contribution >= 0.6 is 9.69 Å². The van der Waals surface area contributed by atoms with Gasteiger partial charge in [-0.25, -0.2) is 21.6 Å². The Morgan fingerprint density at radius 1 is 0.597 bits per heavy atom. The van der Waals surface area contributed by atoms with E-state index in [0.29, 0.717) is 39.5 Å². The Morgan fingerprint density at radius 3 is 1.54 bits per heavy atom. The average molecular weight is 1060 g/mol. The Labute approximate surface area is 416 Å². The first-order valence-corrected chi connectivity index (χ1v) is 27.9. The molecule has 1 aliphatic carbocycles. The fourth-order valence-electron chi connectivity index (χ4n) is 7.56. The van der Waals surface area contributed by atoms with Gasteiger partial charge in [0.25, 0.3) is 0 Å². The summed E-state index contributed by atoms with van der Waals surface area (Å²) in [6.45, 7) is 11.9. The molecular formula is C53H68ClN4O6RuS2+. The first-order chi connectivity index (χ1) is 31.7. The molecule has 67 heavy (non-hydrogen) atoms. The van der Waals surface area contributed by atoms with Crippen molar-refractivity contribution in [2.45, 2.75) is 71.3 Å². The second kappa shape index (κ2) is 29.9. The number of ether oxygens (including phenoxy) is 2. The Morgan fingerprint density at radius 2 is 1.06 bits per heavy atom. The van der Waals surface area contributed by atoms with E-state index in [9.17, 15) is 16.8 Å². The molecule has 14 heteroatoms. The van der Waals surface area contributed by atoms with E-state index in [1.54, 1.807) is 0 Å². The van der Waals surface area contributed by atoms with Gasteiger partial charge < -0.3 is 32.3 Å². The number of aryl methyl sites for hydroxylation is 2. The number of nitrogens with zero attached hydrogens (tertiary/aromatic N) is 1. The molecule has 0 aromatic heterocycles. The molecular weight excluding hydrogens is 989 g/mol. The summed E-state index contributed by atoms with van der Waals surface area (Å²) >= 11 is 1.82. The van der Waals surface area contributed by atoms with Gasteiger partial charge in [0, 0.05) is 25.4 Å². The quantitative estimate of drug-likeness (QED) is 0.0270. The van der Waals surface area contributed by atoms with Gasteiger partial charge in [-0.3, -0.25) is 0 Å². The molecule has 0 spiro atoms. The molecule has 0 bridgehead atoms. The number of halogens is 1. The Hall–Kier alpha value is -3.85. The van der Waals surface area contributed by atoms with Crippen molar-refractivity contribution < 1.29 is 43.6 Å². The van der Waals surface area contributed by atoms with E-state index in [0.717, 1.165) is 46.9 Å². The molecule has 0 saturated heterocycles. The van der Waals surface area contributed by atoms with E-state index >= 15 is 0 Å². The molecule has 10 nitrogen and oxygen atoms in total. The van der Waals surface area contributed by atoms with E-state index in [4.69, 9.17) is 9.47 Å². The average Bonchev–Trinajstić information content (AvgIpc) is 3.31. The van der Waals surface area contributed by atoms with Gasteiger partial charge in [-0.05, 0) is 79.5 Å². The number of allylic oxidation sites excluding steroid dienone is 3. The van der Waals surface area contributed by atoms with Crippen LogP contribution in [0.5, 0.6) is 0 Å². The number of hydrogen-bond acceptors (Lipinski definition) is 8. The molecule has 4 atom stereocenters. The van der Waals surface area contributed by atoms with Gasteiger partial charge in [-0.15, -0.1) is 0 Å². The summed E-state index contributed by atoms with van der Waals surface area (Å²) in [6.07, 6.45) is 6.60. The van der Waals surface area contributed by atoms with Crippen LogP contribution in [0.25, 0.3) is 4.72 Å². The van der Waals surface area contributed by atoms with Gasteiger partial charge >= 0.3 is 27.0 Å². The Balaban J connectivity index is 0.000000338. The summed E-state index contributed by atoms with van der Waals surface area (Å²) in [6, 6.07) is 43.7. The fraction of sp³-hybridized carbons (Fsp3) is 0.340. The van der Waals surface area contributed by atoms with Gasteiger partial charge in [0.15, 0.2) is 0 Å². The van der Waals surface area contributed by atoms with Crippen LogP contribution in [0.3, 0.4) is 0 Å². The van der Waals surface area contributed by atoms with Crippen molar-refractivity contribution in [2.75, 3.05) is 45.4 Å². The maximum atomic E-state index is 12.2. The molecule has 0 radical (unpaired) electrons. The summed E-state index contributed by atoms with van der Waals surface area (Å²) in [5.74, 6) is 0. The summed E-state index contributed by atoms with van der Waals surface area (Å²) in [7, 11) is -2.40. The number of nitrogens with one attached hydrogen (secondary N) is 3. The van der Waals surface area contributed by atoms with Crippen molar-refractivity contribution in [3.8, 4) is 0 Å². The molecule has 1 aliphatic rings. The van der Waals surface area contributed by atoms with Crippen LogP contribution in [0, 0.1) is 21.3 Å². The molecule has 0 amide bonds. The van der Waals surface area contributed by atoms with Gasteiger partial charge in [-0.1, -0.05) is 168 Å². The van der Waals surface area contributed by atoms with E-state index in [1.807, 2.05) is 139 Å². The zero-order valence-corrected chi connectivity index (χ0v) is 43.9. The van der Waals surface area contributed by atoms with Crippen molar-refractivity contribution in [3.05, 3.63) is 213 Å². The number of benzene rings is 5. The summed E-state index contributed by atoms with van der Waals surface area (Å²) in [4.78, 5) is 0. The van der Waals surface area contributed by atoms with Crippen LogP contribution in [-0.2, 0) is 53.4 Å². The third-order valence-electron chi connectivity index (χ3n) is 11.2.